The van der Waals surface area contributed by atoms with E-state index in [4.69, 9.17) is 19.4 Å². The molecule has 4 nitrogen and oxygen atoms in total. The Bertz CT molecular complexity index is 3620. The van der Waals surface area contributed by atoms with Gasteiger partial charge in [-0.25, -0.2) is 15.0 Å². The van der Waals surface area contributed by atoms with E-state index in [-0.39, 0.29) is 0 Å². The van der Waals surface area contributed by atoms with Gasteiger partial charge in [-0.3, -0.25) is 0 Å². The molecular formula is C54H33N3OS2. The van der Waals surface area contributed by atoms with Gasteiger partial charge in [-0.15, -0.1) is 22.7 Å². The summed E-state index contributed by atoms with van der Waals surface area (Å²) in [6.07, 6.45) is 3.73. The number of hydrogen-bond acceptors (Lipinski definition) is 6. The molecule has 0 radical (unpaired) electrons. The molecule has 0 aliphatic rings. The molecule has 0 bridgehead atoms. The molecule has 4 aromatic heterocycles. The number of allylic oxidation sites excluding steroid dienone is 3. The summed E-state index contributed by atoms with van der Waals surface area (Å²) in [7, 11) is 0. The Labute approximate surface area is 353 Å². The van der Waals surface area contributed by atoms with Crippen LogP contribution in [0.1, 0.15) is 16.7 Å². The van der Waals surface area contributed by atoms with E-state index in [1.54, 1.807) is 22.7 Å². The Morgan fingerprint density at radius 2 is 1.22 bits per heavy atom. The lowest BCUT2D eigenvalue weighted by atomic mass is 10.0. The molecule has 11 aromatic rings. The summed E-state index contributed by atoms with van der Waals surface area (Å²) in [5.74, 6) is 0.682. The summed E-state index contributed by atoms with van der Waals surface area (Å²) < 4.78 is 11.0. The number of aliphatic imine (C=N–C) groups is 1. The number of nitrogens with zero attached hydrogens (tertiary/aromatic N) is 3. The minimum absolute atomic E-state index is 0.656. The van der Waals surface area contributed by atoms with Gasteiger partial charge >= 0.3 is 0 Å². The van der Waals surface area contributed by atoms with Gasteiger partial charge in [0, 0.05) is 63.3 Å². The van der Waals surface area contributed by atoms with Crippen LogP contribution in [-0.2, 0) is 0 Å². The molecule has 0 saturated heterocycles. The summed E-state index contributed by atoms with van der Waals surface area (Å²) >= 11 is 3.54. The van der Waals surface area contributed by atoms with Gasteiger partial charge in [0.15, 0.2) is 5.82 Å². The second-order valence-electron chi connectivity index (χ2n) is 14.6. The Balaban J connectivity index is 0.997. The maximum Gasteiger partial charge on any atom is 0.160 e. The van der Waals surface area contributed by atoms with Gasteiger partial charge < -0.3 is 4.42 Å². The van der Waals surface area contributed by atoms with Crippen molar-refractivity contribution in [3.8, 4) is 22.6 Å². The molecule has 0 N–H and O–H groups in total. The van der Waals surface area contributed by atoms with E-state index in [9.17, 15) is 0 Å². The molecule has 0 aliphatic carbocycles. The van der Waals surface area contributed by atoms with E-state index in [2.05, 4.69) is 146 Å². The first-order valence-corrected chi connectivity index (χ1v) is 21.3. The molecule has 0 atom stereocenters. The number of thiophene rings is 2. The summed E-state index contributed by atoms with van der Waals surface area (Å²) in [4.78, 5) is 15.6. The average Bonchev–Trinajstić information content (AvgIpc) is 4.00. The van der Waals surface area contributed by atoms with Crippen molar-refractivity contribution < 1.29 is 4.42 Å². The third-order valence-corrected chi connectivity index (χ3v) is 13.2. The SMILES string of the molecule is C=CC(=NC(=C=CC(=C)c1ccc(-c2nc(-c3ccccc3)c3sc4ccccc4c3n2)cc1)c1ccc2oc3ccccc3c2c1)c1ccc2sc3ccccc3c2c1. The Kier molecular flexibility index (Phi) is 8.75. The van der Waals surface area contributed by atoms with Crippen LogP contribution >= 0.6 is 22.7 Å². The maximum absolute atomic E-state index is 6.18. The number of hydrogen-bond donors (Lipinski definition) is 0. The first kappa shape index (κ1) is 35.7. The second kappa shape index (κ2) is 14.7. The molecule has 0 aliphatic heterocycles. The molecular weight excluding hydrogens is 771 g/mol. The first-order chi connectivity index (χ1) is 29.6. The fourth-order valence-corrected chi connectivity index (χ4v) is 10.1. The summed E-state index contributed by atoms with van der Waals surface area (Å²) in [5.41, 5.74) is 14.2. The van der Waals surface area contributed by atoms with E-state index in [1.165, 1.54) is 24.9 Å². The van der Waals surface area contributed by atoms with Gasteiger partial charge in [-0.1, -0.05) is 134 Å². The van der Waals surface area contributed by atoms with Crippen molar-refractivity contribution in [1.29, 1.82) is 0 Å². The molecule has 11 rings (SSSR count). The predicted molar refractivity (Wildman–Crippen MR) is 256 cm³/mol. The smallest absolute Gasteiger partial charge is 0.160 e. The molecule has 60 heavy (non-hydrogen) atoms. The number of fused-ring (bicyclic) bond motifs is 9. The van der Waals surface area contributed by atoms with Crippen LogP contribution in [0.15, 0.2) is 204 Å². The van der Waals surface area contributed by atoms with Crippen LogP contribution in [0, 0.1) is 0 Å². The van der Waals surface area contributed by atoms with Gasteiger partial charge in [-0.2, -0.15) is 0 Å². The van der Waals surface area contributed by atoms with Crippen molar-refractivity contribution in [2.75, 3.05) is 0 Å². The number of para-hydroxylation sites is 1. The van der Waals surface area contributed by atoms with Gasteiger partial charge in [-0.05, 0) is 71.8 Å². The lowest BCUT2D eigenvalue weighted by Crippen LogP contribution is -1.97. The van der Waals surface area contributed by atoms with E-state index in [0.717, 1.165) is 82.3 Å². The van der Waals surface area contributed by atoms with Crippen LogP contribution in [0.5, 0.6) is 0 Å². The van der Waals surface area contributed by atoms with Crippen LogP contribution < -0.4 is 0 Å². The first-order valence-electron chi connectivity index (χ1n) is 19.6. The number of aromatic nitrogens is 2. The predicted octanol–water partition coefficient (Wildman–Crippen LogP) is 15.3. The van der Waals surface area contributed by atoms with Crippen LogP contribution in [0.4, 0.5) is 0 Å². The molecule has 0 spiro atoms. The highest BCUT2D eigenvalue weighted by molar-refractivity contribution is 7.26. The fraction of sp³-hybridized carbons (Fsp3) is 0. The van der Waals surface area contributed by atoms with Gasteiger partial charge in [0.25, 0.3) is 0 Å². The highest BCUT2D eigenvalue weighted by atomic mass is 32.1. The minimum Gasteiger partial charge on any atom is -0.456 e. The van der Waals surface area contributed by atoms with Crippen LogP contribution in [0.25, 0.3) is 96.3 Å². The molecule has 0 amide bonds. The Morgan fingerprint density at radius 3 is 2.03 bits per heavy atom. The summed E-state index contributed by atoms with van der Waals surface area (Å²) in [5, 5.41) is 5.65. The quantitative estimate of drug-likeness (QED) is 0.0873. The second-order valence-corrected chi connectivity index (χ2v) is 16.7. The minimum atomic E-state index is 0.656. The van der Waals surface area contributed by atoms with Crippen molar-refractivity contribution in [3.63, 3.8) is 0 Å². The topological polar surface area (TPSA) is 51.3 Å². The van der Waals surface area contributed by atoms with Crippen molar-refractivity contribution in [2.24, 2.45) is 4.99 Å². The number of benzene rings is 7. The zero-order valence-electron chi connectivity index (χ0n) is 32.2. The third kappa shape index (κ3) is 6.28. The standard InChI is InChI=1S/C54H33N3OS2/c1-3-44(37-27-30-50-43(32-37)40-16-8-11-19-48(40)59-50)55-45(38-26-29-47-42(31-38)39-15-7-10-18-46(39)58-47)28-21-33(2)34-22-24-36(25-23-34)54-56-51(35-13-5-4-6-14-35)53-52(57-54)41-17-9-12-20-49(41)60-53/h3-27,29-32H,1-2H2. The van der Waals surface area contributed by atoms with E-state index >= 15 is 0 Å². The monoisotopic (exact) mass is 803 g/mol. The number of furan rings is 1. The van der Waals surface area contributed by atoms with Crippen molar-refractivity contribution in [3.05, 3.63) is 212 Å². The van der Waals surface area contributed by atoms with Crippen LogP contribution in [0.3, 0.4) is 0 Å². The van der Waals surface area contributed by atoms with Crippen molar-refractivity contribution in [1.82, 2.24) is 9.97 Å². The third-order valence-electron chi connectivity index (χ3n) is 10.9. The van der Waals surface area contributed by atoms with Crippen LogP contribution in [0.2, 0.25) is 0 Å². The molecule has 282 valence electrons. The normalized spacial score (nSPS) is 11.8. The molecule has 0 saturated carbocycles. The van der Waals surface area contributed by atoms with Crippen molar-refractivity contribution in [2.45, 2.75) is 0 Å². The van der Waals surface area contributed by atoms with E-state index in [1.807, 2.05) is 48.6 Å². The number of rotatable bonds is 8. The zero-order chi connectivity index (χ0) is 40.2. The summed E-state index contributed by atoms with van der Waals surface area (Å²) in [6, 6.07) is 56.4. The van der Waals surface area contributed by atoms with Crippen molar-refractivity contribution >= 4 is 102 Å². The van der Waals surface area contributed by atoms with E-state index in [0.29, 0.717) is 11.5 Å². The maximum atomic E-state index is 6.18. The lowest BCUT2D eigenvalue weighted by Gasteiger charge is -2.08. The zero-order valence-corrected chi connectivity index (χ0v) is 33.9. The lowest BCUT2D eigenvalue weighted by molar-refractivity contribution is 0.669. The average molecular weight is 804 g/mol. The molecule has 7 aromatic carbocycles. The fourth-order valence-electron chi connectivity index (χ4n) is 7.87. The Hall–Kier alpha value is -7.47. The van der Waals surface area contributed by atoms with E-state index < -0.39 is 0 Å². The highest BCUT2D eigenvalue weighted by Gasteiger charge is 2.17. The molecule has 0 fully saturated rings. The van der Waals surface area contributed by atoms with Gasteiger partial charge in [0.2, 0.25) is 0 Å². The van der Waals surface area contributed by atoms with Gasteiger partial charge in [0.05, 0.1) is 21.6 Å². The molecule has 0 unspecified atom stereocenters. The van der Waals surface area contributed by atoms with Gasteiger partial charge in [0.1, 0.15) is 16.9 Å². The molecule has 4 heterocycles. The van der Waals surface area contributed by atoms with Crippen LogP contribution in [-0.4, -0.2) is 15.7 Å². The Morgan fingerprint density at radius 1 is 0.567 bits per heavy atom. The highest BCUT2D eigenvalue weighted by Crippen LogP contribution is 2.40. The largest absolute Gasteiger partial charge is 0.456 e. The molecule has 6 heteroatoms. The summed E-state index contributed by atoms with van der Waals surface area (Å²) in [6.45, 7) is 8.67.